The molecule has 2 aromatic carbocycles. The van der Waals surface area contributed by atoms with Crippen molar-refractivity contribution in [2.24, 2.45) is 0 Å². The van der Waals surface area contributed by atoms with Crippen LogP contribution in [0.15, 0.2) is 67.0 Å². The van der Waals surface area contributed by atoms with Crippen LogP contribution in [-0.2, 0) is 4.74 Å². The molecule has 7 heteroatoms. The zero-order chi connectivity index (χ0) is 20.7. The third-order valence-electron chi connectivity index (χ3n) is 5.26. The van der Waals surface area contributed by atoms with Gasteiger partial charge in [0.05, 0.1) is 10.4 Å². The fourth-order valence-corrected chi connectivity index (χ4v) is 4.93. The van der Waals surface area contributed by atoms with Crippen LogP contribution in [0, 0.1) is 0 Å². The molecule has 2 aromatic heterocycles. The van der Waals surface area contributed by atoms with Gasteiger partial charge in [-0.05, 0) is 28.3 Å². The van der Waals surface area contributed by atoms with Gasteiger partial charge in [0.2, 0.25) is 0 Å². The number of carboxylic acid groups (broad SMARTS) is 1. The molecule has 2 N–H and O–H groups in total. The molecule has 1 aliphatic rings. The van der Waals surface area contributed by atoms with Crippen LogP contribution < -0.4 is 5.32 Å². The van der Waals surface area contributed by atoms with E-state index in [1.165, 1.54) is 0 Å². The van der Waals surface area contributed by atoms with Crippen LogP contribution in [0.5, 0.6) is 0 Å². The number of rotatable bonds is 4. The quantitative estimate of drug-likeness (QED) is 0.468. The highest BCUT2D eigenvalue weighted by Crippen LogP contribution is 2.44. The zero-order valence-electron chi connectivity index (χ0n) is 15.7. The lowest BCUT2D eigenvalue weighted by Crippen LogP contribution is -2.18. The molecule has 1 aliphatic carbocycles. The monoisotopic (exact) mass is 416 g/mol. The van der Waals surface area contributed by atoms with Crippen molar-refractivity contribution in [2.75, 3.05) is 11.9 Å². The van der Waals surface area contributed by atoms with Gasteiger partial charge in [-0.25, -0.2) is 9.59 Å². The van der Waals surface area contributed by atoms with Crippen molar-refractivity contribution in [2.45, 2.75) is 5.92 Å². The Hall–Kier alpha value is -3.71. The fourth-order valence-electron chi connectivity index (χ4n) is 3.96. The molecular formula is C23H16N2O4S. The molecule has 6 nitrogen and oxygen atoms in total. The molecule has 0 bridgehead atoms. The maximum atomic E-state index is 12.6. The van der Waals surface area contributed by atoms with Crippen molar-refractivity contribution < 1.29 is 19.4 Å². The van der Waals surface area contributed by atoms with E-state index in [9.17, 15) is 14.7 Å². The van der Waals surface area contributed by atoms with Crippen LogP contribution in [0.4, 0.5) is 10.5 Å². The van der Waals surface area contributed by atoms with Crippen molar-refractivity contribution in [1.82, 2.24) is 4.98 Å². The Bertz CT molecular complexity index is 1250. The van der Waals surface area contributed by atoms with Crippen LogP contribution in [0.1, 0.15) is 26.7 Å². The molecule has 0 radical (unpaired) electrons. The smallest absolute Gasteiger partial charge is 0.411 e. The Labute approximate surface area is 175 Å². The number of carbonyl (C=O) groups is 2. The van der Waals surface area contributed by atoms with Gasteiger partial charge in [0, 0.05) is 23.7 Å². The minimum atomic E-state index is -1.11. The molecule has 0 fully saturated rings. The van der Waals surface area contributed by atoms with Gasteiger partial charge in [-0.2, -0.15) is 0 Å². The molecule has 30 heavy (non-hydrogen) atoms. The maximum absolute atomic E-state index is 12.6. The van der Waals surface area contributed by atoms with Crippen molar-refractivity contribution in [1.29, 1.82) is 0 Å². The summed E-state index contributed by atoms with van der Waals surface area (Å²) in [6.45, 7) is 0.159. The van der Waals surface area contributed by atoms with E-state index in [-0.39, 0.29) is 23.1 Å². The Kier molecular flexibility index (Phi) is 4.44. The molecule has 4 aromatic rings. The van der Waals surface area contributed by atoms with Crippen LogP contribution in [-0.4, -0.2) is 28.8 Å². The topological polar surface area (TPSA) is 88.5 Å². The lowest BCUT2D eigenvalue weighted by Gasteiger charge is -2.14. The number of hydrogen-bond acceptors (Lipinski definition) is 5. The van der Waals surface area contributed by atoms with E-state index in [0.717, 1.165) is 33.6 Å². The largest absolute Gasteiger partial charge is 0.477 e. The van der Waals surface area contributed by atoms with Gasteiger partial charge < -0.3 is 9.84 Å². The number of carbonyl (C=O) groups excluding carboxylic acids is 1. The third-order valence-corrected chi connectivity index (χ3v) is 6.39. The van der Waals surface area contributed by atoms with Gasteiger partial charge >= 0.3 is 12.1 Å². The second-order valence-electron chi connectivity index (χ2n) is 6.93. The van der Waals surface area contributed by atoms with Crippen molar-refractivity contribution in [3.8, 4) is 11.1 Å². The minimum Gasteiger partial charge on any atom is -0.477 e. The number of thiophene rings is 1. The molecule has 0 saturated carbocycles. The molecule has 0 spiro atoms. The first-order valence-electron chi connectivity index (χ1n) is 9.35. The highest BCUT2D eigenvalue weighted by Gasteiger charge is 2.29. The second-order valence-corrected chi connectivity index (χ2v) is 7.99. The van der Waals surface area contributed by atoms with E-state index in [1.54, 1.807) is 18.5 Å². The van der Waals surface area contributed by atoms with Crippen molar-refractivity contribution >= 4 is 39.2 Å². The summed E-state index contributed by atoms with van der Waals surface area (Å²) in [5, 5.41) is 12.8. The van der Waals surface area contributed by atoms with E-state index in [1.807, 2.05) is 36.4 Å². The van der Waals surface area contributed by atoms with Crippen LogP contribution >= 0.6 is 11.3 Å². The normalized spacial score (nSPS) is 12.4. The summed E-state index contributed by atoms with van der Waals surface area (Å²) in [6, 6.07) is 17.8. The maximum Gasteiger partial charge on any atom is 0.411 e. The predicted molar refractivity (Wildman–Crippen MR) is 115 cm³/mol. The van der Waals surface area contributed by atoms with Gasteiger partial charge in [0.1, 0.15) is 11.5 Å². The zero-order valence-corrected chi connectivity index (χ0v) is 16.5. The summed E-state index contributed by atoms with van der Waals surface area (Å²) < 4.78 is 6.23. The van der Waals surface area contributed by atoms with Crippen LogP contribution in [0.3, 0.4) is 0 Å². The van der Waals surface area contributed by atoms with Gasteiger partial charge in [0.25, 0.3) is 0 Å². The number of benzene rings is 2. The number of aromatic carboxylic acids is 1. The third kappa shape index (κ3) is 3.00. The Morgan fingerprint density at radius 2 is 1.70 bits per heavy atom. The van der Waals surface area contributed by atoms with E-state index in [4.69, 9.17) is 4.74 Å². The number of nitrogens with zero attached hydrogens (tertiary/aromatic N) is 1. The first-order valence-corrected chi connectivity index (χ1v) is 10.2. The van der Waals surface area contributed by atoms with E-state index < -0.39 is 12.1 Å². The summed E-state index contributed by atoms with van der Waals surface area (Å²) in [5.74, 6) is -1.17. The molecule has 0 aliphatic heterocycles. The number of carboxylic acids is 1. The fraction of sp³-hybridized carbons (Fsp3) is 0.0870. The second kappa shape index (κ2) is 7.27. The molecule has 0 unspecified atom stereocenters. The average Bonchev–Trinajstić information content (AvgIpc) is 3.29. The Morgan fingerprint density at radius 3 is 2.37 bits per heavy atom. The number of pyridine rings is 1. The van der Waals surface area contributed by atoms with Gasteiger partial charge in [-0.3, -0.25) is 10.3 Å². The molecule has 0 saturated heterocycles. The Morgan fingerprint density at radius 1 is 1.03 bits per heavy atom. The first-order chi connectivity index (χ1) is 14.6. The Balaban J connectivity index is 1.39. The lowest BCUT2D eigenvalue weighted by atomic mass is 9.98. The summed E-state index contributed by atoms with van der Waals surface area (Å²) in [4.78, 5) is 28.2. The van der Waals surface area contributed by atoms with E-state index in [0.29, 0.717) is 10.1 Å². The number of aromatic nitrogens is 1. The van der Waals surface area contributed by atoms with Gasteiger partial charge in [-0.1, -0.05) is 48.5 Å². The number of hydrogen-bond donors (Lipinski definition) is 2. The lowest BCUT2D eigenvalue weighted by molar-refractivity contribution is 0.0703. The highest BCUT2D eigenvalue weighted by molar-refractivity contribution is 7.21. The number of anilines is 1. The van der Waals surface area contributed by atoms with Crippen molar-refractivity contribution in [3.05, 3.63) is 83.0 Å². The molecule has 1 amide bonds. The molecule has 0 atom stereocenters. The van der Waals surface area contributed by atoms with Crippen LogP contribution in [0.25, 0.3) is 21.2 Å². The van der Waals surface area contributed by atoms with E-state index >= 15 is 0 Å². The number of nitrogens with one attached hydrogen (secondary N) is 1. The van der Waals surface area contributed by atoms with Gasteiger partial charge in [0.15, 0.2) is 0 Å². The molecule has 148 valence electrons. The van der Waals surface area contributed by atoms with Crippen LogP contribution in [0.2, 0.25) is 0 Å². The molecule has 2 heterocycles. The predicted octanol–water partition coefficient (Wildman–Crippen LogP) is 5.36. The van der Waals surface area contributed by atoms with Gasteiger partial charge in [-0.15, -0.1) is 11.3 Å². The molecular weight excluding hydrogens is 400 g/mol. The standard InChI is InChI=1S/C23H16N2O4S/c26-22(27)21-20(17-9-10-24-11-19(17)30-21)25-23(28)29-12-18-15-7-3-1-5-13(15)14-6-2-4-8-16(14)18/h1-11,18H,12H2,(H,25,28)(H,26,27). The summed E-state index contributed by atoms with van der Waals surface area (Å²) >= 11 is 1.07. The van der Waals surface area contributed by atoms with E-state index in [2.05, 4.69) is 22.4 Å². The average molecular weight is 416 g/mol. The first kappa shape index (κ1) is 18.3. The number of fused-ring (bicyclic) bond motifs is 4. The SMILES string of the molecule is O=C(Nc1c(C(=O)O)sc2cnccc12)OCC1c2ccccc2-c2ccccc21. The minimum absolute atomic E-state index is 0.0477. The summed E-state index contributed by atoms with van der Waals surface area (Å²) in [5.41, 5.74) is 4.76. The highest BCUT2D eigenvalue weighted by atomic mass is 32.1. The van der Waals surface area contributed by atoms with Crippen molar-refractivity contribution in [3.63, 3.8) is 0 Å². The summed E-state index contributed by atoms with van der Waals surface area (Å²) in [6.07, 6.45) is 2.45. The number of ether oxygens (including phenoxy) is 1. The summed E-state index contributed by atoms with van der Waals surface area (Å²) in [7, 11) is 0. The number of amides is 1. The molecule has 5 rings (SSSR count).